The molecule has 0 unspecified atom stereocenters. The van der Waals surface area contributed by atoms with Gasteiger partial charge in [0.25, 0.3) is 0 Å². The van der Waals surface area contributed by atoms with Crippen LogP contribution < -0.4 is 19.7 Å². The Morgan fingerprint density at radius 2 is 1.57 bits per heavy atom. The van der Waals surface area contributed by atoms with Crippen LogP contribution in [-0.4, -0.2) is 31.4 Å². The summed E-state index contributed by atoms with van der Waals surface area (Å²) in [5, 5.41) is 18.7. The van der Waals surface area contributed by atoms with Crippen LogP contribution in [0.2, 0.25) is 0 Å². The molecule has 0 aliphatic carbocycles. The maximum absolute atomic E-state index is 9.33. The SMILES string of the molecule is COc1cc(B(O)O)c(OC)cc1OCc1ccccc1. The molecule has 6 heteroatoms. The molecule has 21 heavy (non-hydrogen) atoms. The molecule has 110 valence electrons. The van der Waals surface area contributed by atoms with Gasteiger partial charge in [-0.1, -0.05) is 30.3 Å². The number of rotatable bonds is 6. The van der Waals surface area contributed by atoms with Crippen LogP contribution in [0.5, 0.6) is 17.2 Å². The van der Waals surface area contributed by atoms with E-state index in [1.807, 2.05) is 30.3 Å². The first kappa shape index (κ1) is 15.2. The Morgan fingerprint density at radius 3 is 2.14 bits per heavy atom. The molecular formula is C15H17BO5. The van der Waals surface area contributed by atoms with Gasteiger partial charge in [-0.2, -0.15) is 0 Å². The molecule has 2 N–H and O–H groups in total. The largest absolute Gasteiger partial charge is 0.497 e. The topological polar surface area (TPSA) is 68.2 Å². The van der Waals surface area contributed by atoms with Crippen molar-refractivity contribution in [2.75, 3.05) is 14.2 Å². The fourth-order valence-corrected chi connectivity index (χ4v) is 1.94. The molecule has 0 amide bonds. The Balaban J connectivity index is 2.25. The van der Waals surface area contributed by atoms with Crippen LogP contribution in [0, 0.1) is 0 Å². The number of ether oxygens (including phenoxy) is 3. The summed E-state index contributed by atoms with van der Waals surface area (Å²) in [5.41, 5.74) is 1.24. The minimum Gasteiger partial charge on any atom is -0.497 e. The summed E-state index contributed by atoms with van der Waals surface area (Å²) in [5.74, 6) is 1.21. The highest BCUT2D eigenvalue weighted by Gasteiger charge is 2.21. The van der Waals surface area contributed by atoms with Gasteiger partial charge in [0.15, 0.2) is 11.5 Å². The van der Waals surface area contributed by atoms with E-state index in [-0.39, 0.29) is 5.46 Å². The standard InChI is InChI=1S/C15H17BO5/c1-19-13-9-15(14(20-2)8-12(13)16(17)18)21-10-11-6-4-3-5-7-11/h3-9,17-18H,10H2,1-2H3. The average Bonchev–Trinajstić information content (AvgIpc) is 2.52. The van der Waals surface area contributed by atoms with Crippen LogP contribution in [0.4, 0.5) is 0 Å². The highest BCUT2D eigenvalue weighted by atomic mass is 16.5. The van der Waals surface area contributed by atoms with E-state index >= 15 is 0 Å². The minimum absolute atomic E-state index is 0.224. The smallest absolute Gasteiger partial charge is 0.492 e. The molecular weight excluding hydrogens is 271 g/mol. The molecule has 0 radical (unpaired) electrons. The minimum atomic E-state index is -1.64. The summed E-state index contributed by atoms with van der Waals surface area (Å²) in [6.07, 6.45) is 0. The van der Waals surface area contributed by atoms with Gasteiger partial charge in [0, 0.05) is 11.5 Å². The van der Waals surface area contributed by atoms with E-state index in [1.165, 1.54) is 20.3 Å². The Labute approximate surface area is 123 Å². The van der Waals surface area contributed by atoms with Gasteiger partial charge in [-0.25, -0.2) is 0 Å². The van der Waals surface area contributed by atoms with E-state index in [9.17, 15) is 10.0 Å². The second-order valence-corrected chi connectivity index (χ2v) is 4.39. The zero-order chi connectivity index (χ0) is 15.2. The van der Waals surface area contributed by atoms with Crippen molar-refractivity contribution in [1.29, 1.82) is 0 Å². The second kappa shape index (κ2) is 7.01. The Morgan fingerprint density at radius 1 is 0.905 bits per heavy atom. The molecule has 2 aromatic rings. The molecule has 0 aromatic heterocycles. The van der Waals surface area contributed by atoms with E-state index in [0.29, 0.717) is 23.9 Å². The number of methoxy groups -OCH3 is 2. The lowest BCUT2D eigenvalue weighted by molar-refractivity contribution is 0.282. The molecule has 5 nitrogen and oxygen atoms in total. The van der Waals surface area contributed by atoms with Gasteiger partial charge in [0.05, 0.1) is 14.2 Å². The third kappa shape index (κ3) is 3.68. The van der Waals surface area contributed by atoms with Gasteiger partial charge < -0.3 is 24.3 Å². The molecule has 0 saturated heterocycles. The number of hydrogen-bond acceptors (Lipinski definition) is 5. The van der Waals surface area contributed by atoms with Gasteiger partial charge in [0.1, 0.15) is 12.4 Å². The maximum Gasteiger partial charge on any atom is 0.492 e. The van der Waals surface area contributed by atoms with Crippen molar-refractivity contribution in [3.05, 3.63) is 48.0 Å². The van der Waals surface area contributed by atoms with E-state index in [0.717, 1.165) is 5.56 Å². The molecule has 0 fully saturated rings. The summed E-state index contributed by atoms with van der Waals surface area (Å²) in [7, 11) is 1.30. The summed E-state index contributed by atoms with van der Waals surface area (Å²) in [6.45, 7) is 0.376. The van der Waals surface area contributed by atoms with Crippen LogP contribution in [0.1, 0.15) is 5.56 Å². The van der Waals surface area contributed by atoms with Crippen molar-refractivity contribution >= 4 is 12.6 Å². The molecule has 2 rings (SSSR count). The van der Waals surface area contributed by atoms with Crippen molar-refractivity contribution in [3.63, 3.8) is 0 Å². The Kier molecular flexibility index (Phi) is 5.08. The van der Waals surface area contributed by atoms with E-state index in [1.54, 1.807) is 6.07 Å². The lowest BCUT2D eigenvalue weighted by Gasteiger charge is -2.15. The predicted molar refractivity (Wildman–Crippen MR) is 80.1 cm³/mol. The van der Waals surface area contributed by atoms with Gasteiger partial charge in [0.2, 0.25) is 0 Å². The summed E-state index contributed by atoms with van der Waals surface area (Å²) in [4.78, 5) is 0. The molecule has 0 aliphatic heterocycles. The van der Waals surface area contributed by atoms with Crippen molar-refractivity contribution in [2.45, 2.75) is 6.61 Å². The summed E-state index contributed by atoms with van der Waals surface area (Å²) in [6, 6.07) is 12.8. The zero-order valence-corrected chi connectivity index (χ0v) is 11.9. The third-order valence-electron chi connectivity index (χ3n) is 3.03. The molecule has 0 atom stereocenters. The first-order valence-electron chi connectivity index (χ1n) is 6.44. The maximum atomic E-state index is 9.33. The van der Waals surface area contributed by atoms with E-state index < -0.39 is 7.12 Å². The van der Waals surface area contributed by atoms with Crippen molar-refractivity contribution in [3.8, 4) is 17.2 Å². The van der Waals surface area contributed by atoms with Crippen LogP contribution in [0.25, 0.3) is 0 Å². The average molecular weight is 288 g/mol. The van der Waals surface area contributed by atoms with Gasteiger partial charge in [-0.15, -0.1) is 0 Å². The van der Waals surface area contributed by atoms with E-state index in [4.69, 9.17) is 14.2 Å². The zero-order valence-electron chi connectivity index (χ0n) is 11.9. The quantitative estimate of drug-likeness (QED) is 0.775. The lowest BCUT2D eigenvalue weighted by Crippen LogP contribution is -2.31. The number of hydrogen-bond donors (Lipinski definition) is 2. The monoisotopic (exact) mass is 288 g/mol. The lowest BCUT2D eigenvalue weighted by atomic mass is 9.79. The van der Waals surface area contributed by atoms with Crippen molar-refractivity contribution in [1.82, 2.24) is 0 Å². The van der Waals surface area contributed by atoms with Crippen LogP contribution in [0.15, 0.2) is 42.5 Å². The van der Waals surface area contributed by atoms with Gasteiger partial charge in [-0.3, -0.25) is 0 Å². The first-order valence-corrected chi connectivity index (χ1v) is 6.44. The summed E-state index contributed by atoms with van der Waals surface area (Å²) >= 11 is 0. The highest BCUT2D eigenvalue weighted by Crippen LogP contribution is 2.30. The van der Waals surface area contributed by atoms with Crippen LogP contribution >= 0.6 is 0 Å². The van der Waals surface area contributed by atoms with Crippen LogP contribution in [-0.2, 0) is 6.61 Å². The fourth-order valence-electron chi connectivity index (χ4n) is 1.94. The molecule has 0 heterocycles. The highest BCUT2D eigenvalue weighted by molar-refractivity contribution is 6.59. The predicted octanol–water partition coefficient (Wildman–Crippen LogP) is 0.963. The van der Waals surface area contributed by atoms with Gasteiger partial charge in [-0.05, 0) is 11.6 Å². The molecule has 2 aromatic carbocycles. The molecule has 0 spiro atoms. The normalized spacial score (nSPS) is 10.1. The fraction of sp³-hybridized carbons (Fsp3) is 0.200. The van der Waals surface area contributed by atoms with E-state index in [2.05, 4.69) is 0 Å². The molecule has 0 aliphatic rings. The van der Waals surface area contributed by atoms with Crippen LogP contribution in [0.3, 0.4) is 0 Å². The Bertz CT molecular complexity index is 586. The van der Waals surface area contributed by atoms with Gasteiger partial charge >= 0.3 is 7.12 Å². The van der Waals surface area contributed by atoms with Crippen molar-refractivity contribution < 1.29 is 24.3 Å². The number of benzene rings is 2. The second-order valence-electron chi connectivity index (χ2n) is 4.39. The van der Waals surface area contributed by atoms with Crippen molar-refractivity contribution in [2.24, 2.45) is 0 Å². The molecule has 0 bridgehead atoms. The Hall–Kier alpha value is -2.18. The summed E-state index contributed by atoms with van der Waals surface area (Å²) < 4.78 is 16.1. The molecule has 0 saturated carbocycles. The first-order chi connectivity index (χ1) is 10.2. The third-order valence-corrected chi connectivity index (χ3v) is 3.03.